The summed E-state index contributed by atoms with van der Waals surface area (Å²) in [4.78, 5) is 102. The summed E-state index contributed by atoms with van der Waals surface area (Å²) < 4.78 is 39.2. The molecule has 6 rings (SSSR count). The van der Waals surface area contributed by atoms with E-state index in [-0.39, 0.29) is 94.2 Å². The van der Waals surface area contributed by atoms with Gasteiger partial charge >= 0.3 is 23.9 Å². The van der Waals surface area contributed by atoms with Gasteiger partial charge in [0.1, 0.15) is 41.6 Å². The van der Waals surface area contributed by atoms with Crippen molar-refractivity contribution >= 4 is 47.5 Å². The number of nitrogens with one attached hydrogen (secondary N) is 1. The SMILES string of the molecule is COC(=O)C1=CC[C@@]23CC[C@H]([C@@](C)(/C=C/C=C(\C)C(=O)OCCOCCOCCOc4cccc5c4C(=O)N(C4CCC(=O)NC4=O)C5=O)OC2=O)[C@@]3(OC(C)=O)CC1. The highest BCUT2D eigenvalue weighted by atomic mass is 16.6. The second-order valence-electron chi connectivity index (χ2n) is 15.2. The van der Waals surface area contributed by atoms with Crippen LogP contribution in [0, 0.1) is 11.3 Å². The minimum atomic E-state index is -1.20. The standard InChI is InChI=1S/C42H48N2O15/c1-25(7-6-15-40(3)31-14-17-41(39(52)59-40)16-12-27(38(51)53-4)13-18-42(31,41)58-26(2)45)37(50)57-24-22-55-20-19-54-21-23-56-30-9-5-8-28-33(30)36(49)44(35(28)48)29-10-11-32(46)43-34(29)47/h5-9,12,15,29,31H,10-11,13-14,16-24H2,1-4H3,(H,43,46,47)/b15-6+,25-7+/t29?,31-,40-,41-,42+/m1/s1. The average molecular weight is 821 g/mol. The van der Waals surface area contributed by atoms with Gasteiger partial charge in [0, 0.05) is 30.4 Å². The molecule has 1 aromatic rings. The first-order valence-corrected chi connectivity index (χ1v) is 19.5. The van der Waals surface area contributed by atoms with Crippen molar-refractivity contribution in [2.45, 2.75) is 83.0 Å². The highest BCUT2D eigenvalue weighted by Gasteiger charge is 2.74. The smallest absolute Gasteiger partial charge is 0.333 e. The average Bonchev–Trinajstić information content (AvgIpc) is 3.53. The van der Waals surface area contributed by atoms with E-state index in [2.05, 4.69) is 5.32 Å². The first-order chi connectivity index (χ1) is 28.2. The minimum absolute atomic E-state index is 0.0178. The van der Waals surface area contributed by atoms with E-state index in [1.165, 1.54) is 20.1 Å². The molecule has 1 N–H and O–H groups in total. The molecular weight excluding hydrogens is 772 g/mol. The molecule has 316 valence electrons. The van der Waals surface area contributed by atoms with Crippen molar-refractivity contribution in [3.63, 3.8) is 0 Å². The van der Waals surface area contributed by atoms with Crippen LogP contribution in [0.4, 0.5) is 0 Å². The Labute approximate surface area is 340 Å². The zero-order chi connectivity index (χ0) is 42.5. The molecular formula is C42H48N2O15. The lowest BCUT2D eigenvalue weighted by Gasteiger charge is -2.54. The molecule has 3 aliphatic heterocycles. The van der Waals surface area contributed by atoms with Gasteiger partial charge in [0.05, 0.1) is 44.7 Å². The Morgan fingerprint density at radius 1 is 0.932 bits per heavy atom. The van der Waals surface area contributed by atoms with Crippen LogP contribution in [-0.4, -0.2) is 116 Å². The van der Waals surface area contributed by atoms with E-state index < -0.39 is 76.1 Å². The predicted molar refractivity (Wildman–Crippen MR) is 202 cm³/mol. The summed E-state index contributed by atoms with van der Waals surface area (Å²) in [6.45, 7) is 5.30. The van der Waals surface area contributed by atoms with Gasteiger partial charge in [-0.15, -0.1) is 0 Å². The minimum Gasteiger partial charge on any atom is -0.490 e. The summed E-state index contributed by atoms with van der Waals surface area (Å²) in [5, 5.41) is 2.17. The zero-order valence-electron chi connectivity index (χ0n) is 33.5. The Morgan fingerprint density at radius 3 is 2.37 bits per heavy atom. The molecule has 3 heterocycles. The van der Waals surface area contributed by atoms with Gasteiger partial charge in [-0.1, -0.05) is 24.3 Å². The topological polar surface area (TPSA) is 216 Å². The molecule has 1 unspecified atom stereocenters. The van der Waals surface area contributed by atoms with Crippen LogP contribution in [0.1, 0.15) is 86.4 Å². The second-order valence-corrected chi connectivity index (χ2v) is 15.2. The molecule has 5 aliphatic rings. The Hall–Kier alpha value is -5.68. The number of methoxy groups -OCH3 is 1. The van der Waals surface area contributed by atoms with Crippen molar-refractivity contribution < 1.29 is 71.5 Å². The number of fused-ring (bicyclic) bond motifs is 1. The zero-order valence-corrected chi connectivity index (χ0v) is 33.5. The van der Waals surface area contributed by atoms with Crippen LogP contribution in [0.25, 0.3) is 0 Å². The molecule has 3 fully saturated rings. The summed E-state index contributed by atoms with van der Waals surface area (Å²) >= 11 is 0. The molecule has 59 heavy (non-hydrogen) atoms. The maximum Gasteiger partial charge on any atom is 0.333 e. The summed E-state index contributed by atoms with van der Waals surface area (Å²) in [5.41, 5.74) is -2.64. The quantitative estimate of drug-likeness (QED) is 0.0634. The lowest BCUT2D eigenvalue weighted by molar-refractivity contribution is -0.235. The molecule has 17 heteroatoms. The summed E-state index contributed by atoms with van der Waals surface area (Å²) in [7, 11) is 1.29. The van der Waals surface area contributed by atoms with Gasteiger partial charge in [-0.2, -0.15) is 0 Å². The van der Waals surface area contributed by atoms with Gasteiger partial charge < -0.3 is 33.2 Å². The van der Waals surface area contributed by atoms with Crippen LogP contribution in [-0.2, 0) is 57.2 Å². The fourth-order valence-electron chi connectivity index (χ4n) is 8.89. The maximum absolute atomic E-state index is 13.8. The number of carbonyl (C=O) groups is 8. The molecule has 1 saturated carbocycles. The van der Waals surface area contributed by atoms with E-state index in [0.29, 0.717) is 18.4 Å². The lowest BCUT2D eigenvalue weighted by atomic mass is 9.62. The van der Waals surface area contributed by atoms with Crippen molar-refractivity contribution in [1.29, 1.82) is 0 Å². The van der Waals surface area contributed by atoms with E-state index in [1.807, 2.05) is 0 Å². The summed E-state index contributed by atoms with van der Waals surface area (Å²) in [6, 6.07) is 3.51. The third-order valence-corrected chi connectivity index (χ3v) is 11.7. The van der Waals surface area contributed by atoms with Crippen molar-refractivity contribution in [2.24, 2.45) is 11.3 Å². The number of cyclic esters (lactones) is 1. The Kier molecular flexibility index (Phi) is 12.8. The van der Waals surface area contributed by atoms with Crippen molar-refractivity contribution in [1.82, 2.24) is 10.2 Å². The second kappa shape index (κ2) is 17.7. The van der Waals surface area contributed by atoms with E-state index in [4.69, 9.17) is 33.2 Å². The molecule has 4 amide bonds. The molecule has 2 saturated heterocycles. The molecule has 0 spiro atoms. The molecule has 1 aromatic carbocycles. The van der Waals surface area contributed by atoms with Gasteiger partial charge in [0.15, 0.2) is 0 Å². The third kappa shape index (κ3) is 8.30. The normalized spacial score (nSPS) is 27.7. The van der Waals surface area contributed by atoms with Crippen LogP contribution in [0.5, 0.6) is 5.75 Å². The van der Waals surface area contributed by atoms with E-state index in [1.54, 1.807) is 50.3 Å². The fourth-order valence-corrected chi connectivity index (χ4v) is 8.89. The lowest BCUT2D eigenvalue weighted by Crippen LogP contribution is -2.65. The number of hydrogen-bond donors (Lipinski definition) is 1. The first-order valence-electron chi connectivity index (χ1n) is 19.5. The molecule has 17 nitrogen and oxygen atoms in total. The van der Waals surface area contributed by atoms with Gasteiger partial charge in [0.2, 0.25) is 11.8 Å². The number of hydrogen-bond acceptors (Lipinski definition) is 15. The molecule has 5 atom stereocenters. The Balaban J connectivity index is 0.916. The van der Waals surface area contributed by atoms with Crippen molar-refractivity contribution in [3.8, 4) is 5.75 Å². The number of nitrogens with zero attached hydrogens (tertiary/aromatic N) is 1. The number of allylic oxidation sites excluding steroid dienone is 3. The number of imide groups is 2. The number of piperidine rings is 1. The monoisotopic (exact) mass is 820 g/mol. The third-order valence-electron chi connectivity index (χ3n) is 11.7. The van der Waals surface area contributed by atoms with Crippen LogP contribution in [0.15, 0.2) is 53.6 Å². The first kappa shape index (κ1) is 42.9. The largest absolute Gasteiger partial charge is 0.490 e. The van der Waals surface area contributed by atoms with Crippen molar-refractivity contribution in [2.75, 3.05) is 46.8 Å². The van der Waals surface area contributed by atoms with Gasteiger partial charge in [-0.05, 0) is 70.6 Å². The van der Waals surface area contributed by atoms with Crippen LogP contribution < -0.4 is 10.1 Å². The van der Waals surface area contributed by atoms with Crippen LogP contribution >= 0.6 is 0 Å². The van der Waals surface area contributed by atoms with Gasteiger partial charge in [-0.3, -0.25) is 39.0 Å². The van der Waals surface area contributed by atoms with E-state index >= 15 is 0 Å². The van der Waals surface area contributed by atoms with E-state index in [9.17, 15) is 38.4 Å². The number of amides is 4. The number of carbonyl (C=O) groups excluding carboxylic acids is 8. The fraction of sp³-hybridized carbons (Fsp3) is 0.524. The Bertz CT molecular complexity index is 2020. The van der Waals surface area contributed by atoms with Gasteiger partial charge in [0.25, 0.3) is 11.8 Å². The highest BCUT2D eigenvalue weighted by Crippen LogP contribution is 2.65. The number of ether oxygens (including phenoxy) is 7. The summed E-state index contributed by atoms with van der Waals surface area (Å²) in [5.74, 6) is -4.78. The van der Waals surface area contributed by atoms with E-state index in [0.717, 1.165) is 4.90 Å². The van der Waals surface area contributed by atoms with Crippen LogP contribution in [0.2, 0.25) is 0 Å². The Morgan fingerprint density at radius 2 is 1.66 bits per heavy atom. The van der Waals surface area contributed by atoms with Crippen molar-refractivity contribution in [3.05, 3.63) is 64.8 Å². The summed E-state index contributed by atoms with van der Waals surface area (Å²) in [6.07, 6.45) is 8.26. The van der Waals surface area contributed by atoms with Crippen LogP contribution in [0.3, 0.4) is 0 Å². The predicted octanol–water partition coefficient (Wildman–Crippen LogP) is 2.84. The number of benzene rings is 1. The number of esters is 4. The molecule has 2 bridgehead atoms. The molecule has 0 radical (unpaired) electrons. The molecule has 2 aliphatic carbocycles. The molecule has 0 aromatic heterocycles. The van der Waals surface area contributed by atoms with Gasteiger partial charge in [-0.25, -0.2) is 9.59 Å². The maximum atomic E-state index is 13.8. The number of rotatable bonds is 16. The highest BCUT2D eigenvalue weighted by molar-refractivity contribution is 6.24.